The van der Waals surface area contributed by atoms with Crippen molar-refractivity contribution in [1.82, 2.24) is 4.98 Å². The maximum Gasteiger partial charge on any atom is 0.215 e. The molecule has 0 fully saturated rings. The summed E-state index contributed by atoms with van der Waals surface area (Å²) in [5.41, 5.74) is 6.28. The van der Waals surface area contributed by atoms with Crippen LogP contribution in [0.15, 0.2) is 12.1 Å². The smallest absolute Gasteiger partial charge is 0.215 e. The van der Waals surface area contributed by atoms with E-state index in [9.17, 15) is 0 Å². The first-order valence-electron chi connectivity index (χ1n) is 4.89. The van der Waals surface area contributed by atoms with Crippen molar-refractivity contribution in [3.8, 4) is 5.88 Å². The van der Waals surface area contributed by atoms with Crippen LogP contribution in [0.4, 0.5) is 11.5 Å². The number of nitrogens with zero attached hydrogens (tertiary/aromatic N) is 1. The van der Waals surface area contributed by atoms with Crippen molar-refractivity contribution < 1.29 is 9.84 Å². The molecule has 5 nitrogen and oxygen atoms in total. The molecular weight excluding hydrogens is 194 g/mol. The number of methoxy groups -OCH3 is 1. The molecule has 1 unspecified atom stereocenters. The molecule has 0 bridgehead atoms. The van der Waals surface area contributed by atoms with E-state index in [4.69, 9.17) is 15.6 Å². The van der Waals surface area contributed by atoms with Gasteiger partial charge in [0.1, 0.15) is 0 Å². The summed E-state index contributed by atoms with van der Waals surface area (Å²) < 4.78 is 4.99. The van der Waals surface area contributed by atoms with E-state index in [1.807, 2.05) is 6.92 Å². The van der Waals surface area contributed by atoms with Crippen LogP contribution in [-0.4, -0.2) is 29.8 Å². The standard InChI is InChI=1S/C10H17N3O2/c1-3-7(6-14)12-10-8(11)4-5-9(13-10)15-2/h4-5,7,14H,3,6,11H2,1-2H3,(H,12,13). The van der Waals surface area contributed by atoms with Gasteiger partial charge >= 0.3 is 0 Å². The molecule has 0 amide bonds. The van der Waals surface area contributed by atoms with Gasteiger partial charge in [0, 0.05) is 6.07 Å². The summed E-state index contributed by atoms with van der Waals surface area (Å²) in [6, 6.07) is 3.38. The Morgan fingerprint density at radius 1 is 1.60 bits per heavy atom. The highest BCUT2D eigenvalue weighted by atomic mass is 16.5. The van der Waals surface area contributed by atoms with Crippen molar-refractivity contribution in [3.05, 3.63) is 12.1 Å². The van der Waals surface area contributed by atoms with Gasteiger partial charge in [0.2, 0.25) is 5.88 Å². The number of pyridine rings is 1. The third-order valence-corrected chi connectivity index (χ3v) is 2.16. The lowest BCUT2D eigenvalue weighted by Gasteiger charge is -2.16. The molecule has 0 saturated carbocycles. The highest BCUT2D eigenvalue weighted by Crippen LogP contribution is 2.20. The zero-order valence-corrected chi connectivity index (χ0v) is 9.03. The van der Waals surface area contributed by atoms with Gasteiger partial charge in [-0.05, 0) is 12.5 Å². The van der Waals surface area contributed by atoms with E-state index in [0.29, 0.717) is 17.4 Å². The quantitative estimate of drug-likeness (QED) is 0.673. The molecular formula is C10H17N3O2. The summed E-state index contributed by atoms with van der Waals surface area (Å²) in [4.78, 5) is 4.16. The Balaban J connectivity index is 2.82. The number of nitrogens with one attached hydrogen (secondary N) is 1. The second-order valence-corrected chi connectivity index (χ2v) is 3.22. The third kappa shape index (κ3) is 2.99. The second-order valence-electron chi connectivity index (χ2n) is 3.22. The zero-order valence-electron chi connectivity index (χ0n) is 9.03. The first-order chi connectivity index (χ1) is 7.21. The van der Waals surface area contributed by atoms with Crippen molar-refractivity contribution in [3.63, 3.8) is 0 Å². The summed E-state index contributed by atoms with van der Waals surface area (Å²) in [7, 11) is 1.55. The van der Waals surface area contributed by atoms with E-state index in [2.05, 4.69) is 10.3 Å². The van der Waals surface area contributed by atoms with Crippen LogP contribution in [-0.2, 0) is 0 Å². The van der Waals surface area contributed by atoms with Crippen molar-refractivity contribution in [2.75, 3.05) is 24.8 Å². The van der Waals surface area contributed by atoms with E-state index in [1.54, 1.807) is 19.2 Å². The molecule has 5 heteroatoms. The number of aliphatic hydroxyl groups is 1. The lowest BCUT2D eigenvalue weighted by molar-refractivity contribution is 0.271. The van der Waals surface area contributed by atoms with Gasteiger partial charge in [-0.1, -0.05) is 6.92 Å². The topological polar surface area (TPSA) is 80.4 Å². The molecule has 0 aromatic carbocycles. The second kappa shape index (κ2) is 5.41. The van der Waals surface area contributed by atoms with Gasteiger partial charge < -0.3 is 20.9 Å². The first kappa shape index (κ1) is 11.6. The van der Waals surface area contributed by atoms with Crippen molar-refractivity contribution in [1.29, 1.82) is 0 Å². The third-order valence-electron chi connectivity index (χ3n) is 2.16. The SMILES string of the molecule is CCC(CO)Nc1nc(OC)ccc1N. The molecule has 84 valence electrons. The van der Waals surface area contributed by atoms with Crippen molar-refractivity contribution in [2.24, 2.45) is 0 Å². The van der Waals surface area contributed by atoms with E-state index in [1.165, 1.54) is 0 Å². The summed E-state index contributed by atoms with van der Waals surface area (Å²) in [6.07, 6.45) is 0.800. The molecule has 15 heavy (non-hydrogen) atoms. The largest absolute Gasteiger partial charge is 0.481 e. The summed E-state index contributed by atoms with van der Waals surface area (Å²) in [5, 5.41) is 12.1. The number of hydrogen-bond acceptors (Lipinski definition) is 5. The Morgan fingerprint density at radius 2 is 2.33 bits per heavy atom. The van der Waals surface area contributed by atoms with Gasteiger partial charge in [-0.2, -0.15) is 4.98 Å². The highest BCUT2D eigenvalue weighted by molar-refractivity contribution is 5.62. The molecule has 1 aromatic heterocycles. The molecule has 0 aliphatic carbocycles. The van der Waals surface area contributed by atoms with Crippen LogP contribution in [0.25, 0.3) is 0 Å². The van der Waals surface area contributed by atoms with Gasteiger partial charge in [-0.3, -0.25) is 0 Å². The minimum absolute atomic E-state index is 0.0353. The predicted octanol–water partition coefficient (Wildman–Crippen LogP) is 0.855. The first-order valence-corrected chi connectivity index (χ1v) is 4.89. The molecule has 0 radical (unpaired) electrons. The fraction of sp³-hybridized carbons (Fsp3) is 0.500. The highest BCUT2D eigenvalue weighted by Gasteiger charge is 2.08. The van der Waals surface area contributed by atoms with Crippen LogP contribution < -0.4 is 15.8 Å². The summed E-state index contributed by atoms with van der Waals surface area (Å²) >= 11 is 0. The zero-order chi connectivity index (χ0) is 11.3. The average Bonchev–Trinajstić information content (AvgIpc) is 2.28. The molecule has 0 spiro atoms. The van der Waals surface area contributed by atoms with Crippen LogP contribution in [0, 0.1) is 0 Å². The molecule has 1 atom stereocenters. The fourth-order valence-corrected chi connectivity index (χ4v) is 1.15. The Hall–Kier alpha value is -1.49. The number of nitrogen functional groups attached to an aromatic ring is 1. The molecule has 4 N–H and O–H groups in total. The van der Waals surface area contributed by atoms with Gasteiger partial charge in [0.05, 0.1) is 25.4 Å². The molecule has 0 aliphatic heterocycles. The maximum absolute atomic E-state index is 9.04. The Bertz CT molecular complexity index is 314. The van der Waals surface area contributed by atoms with Crippen molar-refractivity contribution in [2.45, 2.75) is 19.4 Å². The average molecular weight is 211 g/mol. The van der Waals surface area contributed by atoms with Gasteiger partial charge in [0.25, 0.3) is 0 Å². The number of rotatable bonds is 5. The number of nitrogens with two attached hydrogens (primary N) is 1. The predicted molar refractivity (Wildman–Crippen MR) is 60.0 cm³/mol. The van der Waals surface area contributed by atoms with E-state index in [-0.39, 0.29) is 12.6 Å². The Labute approximate surface area is 89.3 Å². The molecule has 1 aromatic rings. The molecule has 0 saturated heterocycles. The molecule has 1 heterocycles. The lowest BCUT2D eigenvalue weighted by Crippen LogP contribution is -2.23. The van der Waals surface area contributed by atoms with Gasteiger partial charge in [-0.15, -0.1) is 0 Å². The number of anilines is 2. The number of ether oxygens (including phenoxy) is 1. The van der Waals surface area contributed by atoms with Crippen molar-refractivity contribution >= 4 is 11.5 Å². The van der Waals surface area contributed by atoms with E-state index >= 15 is 0 Å². The van der Waals surface area contributed by atoms with Crippen LogP contribution in [0.1, 0.15) is 13.3 Å². The molecule has 1 rings (SSSR count). The normalized spacial score (nSPS) is 12.2. The van der Waals surface area contributed by atoms with E-state index in [0.717, 1.165) is 6.42 Å². The van der Waals surface area contributed by atoms with Crippen LogP contribution in [0.5, 0.6) is 5.88 Å². The van der Waals surface area contributed by atoms with Crippen LogP contribution in [0.3, 0.4) is 0 Å². The van der Waals surface area contributed by atoms with E-state index < -0.39 is 0 Å². The molecule has 0 aliphatic rings. The maximum atomic E-state index is 9.04. The fourth-order valence-electron chi connectivity index (χ4n) is 1.15. The van der Waals surface area contributed by atoms with Gasteiger partial charge in [0.15, 0.2) is 5.82 Å². The summed E-state index contributed by atoms with van der Waals surface area (Å²) in [6.45, 7) is 2.03. The monoisotopic (exact) mass is 211 g/mol. The van der Waals surface area contributed by atoms with Gasteiger partial charge in [-0.25, -0.2) is 0 Å². The van der Waals surface area contributed by atoms with Crippen LogP contribution in [0.2, 0.25) is 0 Å². The summed E-state index contributed by atoms with van der Waals surface area (Å²) in [5.74, 6) is 1.05. The number of aromatic nitrogens is 1. The number of hydrogen-bond donors (Lipinski definition) is 3. The Morgan fingerprint density at radius 3 is 2.87 bits per heavy atom. The number of aliphatic hydroxyl groups excluding tert-OH is 1. The Kier molecular flexibility index (Phi) is 4.17. The minimum atomic E-state index is -0.0353. The minimum Gasteiger partial charge on any atom is -0.481 e. The lowest BCUT2D eigenvalue weighted by atomic mass is 10.2. The van der Waals surface area contributed by atoms with Crippen LogP contribution >= 0.6 is 0 Å².